The van der Waals surface area contributed by atoms with E-state index >= 15 is 0 Å². The molecule has 3 rings (SSSR count). The fourth-order valence-electron chi connectivity index (χ4n) is 2.75. The summed E-state index contributed by atoms with van der Waals surface area (Å²) in [6, 6.07) is 13.4. The SMILES string of the molecule is COc1ccc(-c2nnc(SCC(=O)c3cccc(F)c3)n2CC(C)C)cc1. The number of carbonyl (C=O) groups is 1. The summed E-state index contributed by atoms with van der Waals surface area (Å²) >= 11 is 1.31. The van der Waals surface area contributed by atoms with Crippen LogP contribution < -0.4 is 4.74 Å². The molecule has 146 valence electrons. The predicted octanol–water partition coefficient (Wildman–Crippen LogP) is 4.72. The molecule has 0 spiro atoms. The molecule has 0 atom stereocenters. The van der Waals surface area contributed by atoms with Crippen LogP contribution in [0.1, 0.15) is 24.2 Å². The molecular formula is C21H22FN3O2S. The number of methoxy groups -OCH3 is 1. The summed E-state index contributed by atoms with van der Waals surface area (Å²) in [5.74, 6) is 1.51. The van der Waals surface area contributed by atoms with E-state index < -0.39 is 5.82 Å². The van der Waals surface area contributed by atoms with Gasteiger partial charge in [-0.3, -0.25) is 4.79 Å². The molecule has 2 aromatic carbocycles. The molecule has 0 amide bonds. The van der Waals surface area contributed by atoms with Crippen molar-refractivity contribution in [1.29, 1.82) is 0 Å². The number of ketones is 1. The summed E-state index contributed by atoms with van der Waals surface area (Å²) in [7, 11) is 1.63. The van der Waals surface area contributed by atoms with Gasteiger partial charge in [0.05, 0.1) is 12.9 Å². The number of Topliss-reactive ketones (excluding diaryl/α,β-unsaturated/α-hetero) is 1. The fourth-order valence-corrected chi connectivity index (χ4v) is 3.60. The molecule has 0 aliphatic heterocycles. The number of thioether (sulfide) groups is 1. The number of rotatable bonds is 8. The number of benzene rings is 2. The lowest BCUT2D eigenvalue weighted by molar-refractivity contribution is 0.102. The summed E-state index contributed by atoms with van der Waals surface area (Å²) in [5, 5.41) is 9.30. The molecule has 28 heavy (non-hydrogen) atoms. The van der Waals surface area contributed by atoms with Crippen molar-refractivity contribution in [1.82, 2.24) is 14.8 Å². The Morgan fingerprint density at radius 3 is 2.57 bits per heavy atom. The average Bonchev–Trinajstić information content (AvgIpc) is 3.08. The third kappa shape index (κ3) is 4.78. The minimum atomic E-state index is -0.416. The second-order valence-electron chi connectivity index (χ2n) is 6.76. The molecule has 0 aliphatic rings. The van der Waals surface area contributed by atoms with E-state index in [2.05, 4.69) is 24.0 Å². The molecule has 0 radical (unpaired) electrons. The van der Waals surface area contributed by atoms with E-state index in [-0.39, 0.29) is 11.5 Å². The van der Waals surface area contributed by atoms with Crippen molar-refractivity contribution in [3.05, 3.63) is 59.9 Å². The van der Waals surface area contributed by atoms with E-state index in [9.17, 15) is 9.18 Å². The Bertz CT molecular complexity index is 955. The number of halogens is 1. The zero-order valence-corrected chi connectivity index (χ0v) is 16.9. The van der Waals surface area contributed by atoms with Crippen molar-refractivity contribution in [2.75, 3.05) is 12.9 Å². The van der Waals surface area contributed by atoms with E-state index in [0.29, 0.717) is 16.6 Å². The average molecular weight is 399 g/mol. The van der Waals surface area contributed by atoms with Gasteiger partial charge in [0.1, 0.15) is 11.6 Å². The Labute approximate surface area is 167 Å². The largest absolute Gasteiger partial charge is 0.497 e. The highest BCUT2D eigenvalue weighted by atomic mass is 32.2. The first-order chi connectivity index (χ1) is 13.5. The summed E-state index contributed by atoms with van der Waals surface area (Å²) in [6.07, 6.45) is 0. The Kier molecular flexibility index (Phi) is 6.46. The van der Waals surface area contributed by atoms with Crippen molar-refractivity contribution in [2.24, 2.45) is 5.92 Å². The smallest absolute Gasteiger partial charge is 0.191 e. The first-order valence-corrected chi connectivity index (χ1v) is 9.95. The highest BCUT2D eigenvalue weighted by molar-refractivity contribution is 7.99. The van der Waals surface area contributed by atoms with Crippen molar-refractivity contribution < 1.29 is 13.9 Å². The molecule has 0 saturated heterocycles. The maximum atomic E-state index is 13.3. The molecule has 0 saturated carbocycles. The molecule has 1 heterocycles. The van der Waals surface area contributed by atoms with E-state index in [1.807, 2.05) is 28.8 Å². The molecule has 7 heteroatoms. The molecule has 3 aromatic rings. The van der Waals surface area contributed by atoms with Crippen molar-refractivity contribution in [3.8, 4) is 17.1 Å². The lowest BCUT2D eigenvalue weighted by Gasteiger charge is -2.12. The summed E-state index contributed by atoms with van der Waals surface area (Å²) in [5.41, 5.74) is 1.29. The van der Waals surface area contributed by atoms with Gasteiger partial charge in [0, 0.05) is 17.7 Å². The Balaban J connectivity index is 1.82. The highest BCUT2D eigenvalue weighted by Crippen LogP contribution is 2.27. The summed E-state index contributed by atoms with van der Waals surface area (Å²) in [4.78, 5) is 12.4. The molecule has 1 aromatic heterocycles. The van der Waals surface area contributed by atoms with Gasteiger partial charge in [-0.15, -0.1) is 10.2 Å². The molecule has 0 unspecified atom stereocenters. The van der Waals surface area contributed by atoms with Crippen LogP contribution in [0, 0.1) is 11.7 Å². The Morgan fingerprint density at radius 2 is 1.93 bits per heavy atom. The first-order valence-electron chi connectivity index (χ1n) is 8.97. The second kappa shape index (κ2) is 9.01. The number of ether oxygens (including phenoxy) is 1. The van der Waals surface area contributed by atoms with Crippen LogP contribution in [0.25, 0.3) is 11.4 Å². The first kappa shape index (κ1) is 20.1. The normalized spacial score (nSPS) is 11.0. The monoisotopic (exact) mass is 399 g/mol. The third-order valence-electron chi connectivity index (χ3n) is 4.09. The molecule has 0 fully saturated rings. The van der Waals surface area contributed by atoms with E-state index in [1.54, 1.807) is 13.2 Å². The van der Waals surface area contributed by atoms with Crippen LogP contribution in [-0.2, 0) is 6.54 Å². The van der Waals surface area contributed by atoms with Crippen molar-refractivity contribution in [2.45, 2.75) is 25.5 Å². The lowest BCUT2D eigenvalue weighted by Crippen LogP contribution is -2.09. The van der Waals surface area contributed by atoms with Crippen LogP contribution in [0.2, 0.25) is 0 Å². The number of carbonyl (C=O) groups excluding carboxylic acids is 1. The summed E-state index contributed by atoms with van der Waals surface area (Å²) in [6.45, 7) is 4.96. The second-order valence-corrected chi connectivity index (χ2v) is 7.70. The van der Waals surface area contributed by atoms with Crippen molar-refractivity contribution >= 4 is 17.5 Å². The van der Waals surface area contributed by atoms with Crippen LogP contribution in [0.4, 0.5) is 4.39 Å². The zero-order chi connectivity index (χ0) is 20.1. The minimum Gasteiger partial charge on any atom is -0.497 e. The van der Waals surface area contributed by atoms with Crippen LogP contribution >= 0.6 is 11.8 Å². The van der Waals surface area contributed by atoms with Gasteiger partial charge in [-0.2, -0.15) is 0 Å². The number of nitrogens with zero attached hydrogens (tertiary/aromatic N) is 3. The van der Waals surface area contributed by atoms with E-state index in [0.717, 1.165) is 23.7 Å². The van der Waals surface area contributed by atoms with Gasteiger partial charge in [-0.1, -0.05) is 37.7 Å². The number of aromatic nitrogens is 3. The number of hydrogen-bond acceptors (Lipinski definition) is 5. The Morgan fingerprint density at radius 1 is 1.18 bits per heavy atom. The van der Waals surface area contributed by atoms with Crippen LogP contribution in [0.5, 0.6) is 5.75 Å². The minimum absolute atomic E-state index is 0.144. The van der Waals surface area contributed by atoms with Gasteiger partial charge in [0.2, 0.25) is 0 Å². The fraction of sp³-hybridized carbons (Fsp3) is 0.286. The van der Waals surface area contributed by atoms with Crippen molar-refractivity contribution in [3.63, 3.8) is 0 Å². The van der Waals surface area contributed by atoms with Crippen LogP contribution in [0.3, 0.4) is 0 Å². The quantitative estimate of drug-likeness (QED) is 0.405. The van der Waals surface area contributed by atoms with Gasteiger partial charge in [0.15, 0.2) is 16.8 Å². The topological polar surface area (TPSA) is 57.0 Å². The standard InChI is InChI=1S/C21H22FN3O2S/c1-14(2)12-25-20(15-7-9-18(27-3)10-8-15)23-24-21(25)28-13-19(26)16-5-4-6-17(22)11-16/h4-11,14H,12-13H2,1-3H3. The molecular weight excluding hydrogens is 377 g/mol. The van der Waals surface area contributed by atoms with Gasteiger partial charge < -0.3 is 9.30 Å². The Hall–Kier alpha value is -2.67. The zero-order valence-electron chi connectivity index (χ0n) is 16.1. The van der Waals surface area contributed by atoms with Crippen LogP contribution in [0.15, 0.2) is 53.7 Å². The molecule has 0 bridgehead atoms. The molecule has 0 N–H and O–H groups in total. The predicted molar refractivity (Wildman–Crippen MR) is 108 cm³/mol. The number of hydrogen-bond donors (Lipinski definition) is 0. The lowest BCUT2D eigenvalue weighted by atomic mass is 10.1. The maximum Gasteiger partial charge on any atom is 0.191 e. The van der Waals surface area contributed by atoms with Crippen LogP contribution in [-0.4, -0.2) is 33.4 Å². The highest BCUT2D eigenvalue weighted by Gasteiger charge is 2.17. The van der Waals surface area contributed by atoms with Gasteiger partial charge in [-0.05, 0) is 42.3 Å². The maximum absolute atomic E-state index is 13.3. The van der Waals surface area contributed by atoms with Gasteiger partial charge in [0.25, 0.3) is 0 Å². The molecule has 0 aliphatic carbocycles. The van der Waals surface area contributed by atoms with Gasteiger partial charge in [-0.25, -0.2) is 4.39 Å². The third-order valence-corrected chi connectivity index (χ3v) is 5.06. The summed E-state index contributed by atoms with van der Waals surface area (Å²) < 4.78 is 20.6. The van der Waals surface area contributed by atoms with Gasteiger partial charge >= 0.3 is 0 Å². The molecule has 5 nitrogen and oxygen atoms in total. The van der Waals surface area contributed by atoms with E-state index in [1.165, 1.54) is 30.0 Å². The van der Waals surface area contributed by atoms with E-state index in [4.69, 9.17) is 4.74 Å².